The number of para-hydroxylation sites is 2. The molecule has 5 aromatic rings. The van der Waals surface area contributed by atoms with Crippen LogP contribution in [0.3, 0.4) is 0 Å². The maximum Gasteiger partial charge on any atom is 0.187 e. The summed E-state index contributed by atoms with van der Waals surface area (Å²) in [5.41, 5.74) is 5.43. The molecule has 0 amide bonds. The summed E-state index contributed by atoms with van der Waals surface area (Å²) in [6, 6.07) is 26.0. The van der Waals surface area contributed by atoms with Gasteiger partial charge in [-0.05, 0) is 48.0 Å². The van der Waals surface area contributed by atoms with Gasteiger partial charge in [0, 0.05) is 5.56 Å². The Balaban J connectivity index is 1.72. The maximum atomic E-state index is 5.28. The molecule has 5 rings (SSSR count). The van der Waals surface area contributed by atoms with Gasteiger partial charge in [0.25, 0.3) is 0 Å². The molecule has 0 radical (unpaired) electrons. The van der Waals surface area contributed by atoms with Crippen molar-refractivity contribution in [1.82, 2.24) is 19.6 Å². The highest BCUT2D eigenvalue weighted by Gasteiger charge is 2.15. The number of rotatable bonds is 4. The fraction of sp³-hybridized carbons (Fsp3) is 0.0417. The Hall–Kier alpha value is -3.99. The molecule has 2 heterocycles. The Bertz CT molecular complexity index is 1320. The van der Waals surface area contributed by atoms with Gasteiger partial charge in [-0.25, -0.2) is 4.98 Å². The Morgan fingerprint density at radius 3 is 2.34 bits per heavy atom. The van der Waals surface area contributed by atoms with Crippen LogP contribution in [0.15, 0.2) is 78.9 Å². The third-order valence-corrected chi connectivity index (χ3v) is 4.84. The maximum absolute atomic E-state index is 5.28. The fourth-order valence-corrected chi connectivity index (χ4v) is 3.38. The van der Waals surface area contributed by atoms with E-state index in [2.05, 4.69) is 26.7 Å². The lowest BCUT2D eigenvalue weighted by atomic mass is 10.2. The molecule has 3 aromatic carbocycles. The van der Waals surface area contributed by atoms with Crippen LogP contribution in [0, 0.1) is 0 Å². The molecule has 0 aliphatic heterocycles. The molecule has 0 aliphatic rings. The molecule has 0 aliphatic carbocycles. The number of nitrogens with zero attached hydrogens (tertiary/aromatic N) is 4. The SMILES string of the molecule is COc1ccc(-c2nnc3c(/C=C/c4ccccc4)nc4ccccc4n23)cc1. The lowest BCUT2D eigenvalue weighted by molar-refractivity contribution is 0.415. The molecule has 0 fully saturated rings. The highest BCUT2D eigenvalue weighted by molar-refractivity contribution is 5.85. The average Bonchev–Trinajstić information content (AvgIpc) is 3.24. The summed E-state index contributed by atoms with van der Waals surface area (Å²) in [5, 5.41) is 8.95. The van der Waals surface area contributed by atoms with Gasteiger partial charge in [0.15, 0.2) is 11.5 Å². The van der Waals surface area contributed by atoms with Crippen molar-refractivity contribution in [3.8, 4) is 17.1 Å². The van der Waals surface area contributed by atoms with Crippen LogP contribution >= 0.6 is 0 Å². The first kappa shape index (κ1) is 17.1. The first-order chi connectivity index (χ1) is 14.3. The predicted octanol–water partition coefficient (Wildman–Crippen LogP) is 5.12. The molecular weight excluding hydrogens is 360 g/mol. The zero-order valence-electron chi connectivity index (χ0n) is 15.9. The number of fused-ring (bicyclic) bond motifs is 3. The summed E-state index contributed by atoms with van der Waals surface area (Å²) in [6.45, 7) is 0. The Morgan fingerprint density at radius 2 is 1.55 bits per heavy atom. The van der Waals surface area contributed by atoms with E-state index in [1.165, 1.54) is 0 Å². The van der Waals surface area contributed by atoms with E-state index >= 15 is 0 Å². The molecule has 0 atom stereocenters. The van der Waals surface area contributed by atoms with Gasteiger partial charge in [0.05, 0.1) is 18.1 Å². The Morgan fingerprint density at radius 1 is 0.793 bits per heavy atom. The van der Waals surface area contributed by atoms with Gasteiger partial charge in [-0.1, -0.05) is 48.5 Å². The summed E-state index contributed by atoms with van der Waals surface area (Å²) in [6.07, 6.45) is 4.03. The highest BCUT2D eigenvalue weighted by Crippen LogP contribution is 2.26. The minimum atomic E-state index is 0.724. The van der Waals surface area contributed by atoms with E-state index in [4.69, 9.17) is 9.72 Å². The Labute approximate surface area is 167 Å². The average molecular weight is 378 g/mol. The largest absolute Gasteiger partial charge is 0.497 e. The first-order valence-corrected chi connectivity index (χ1v) is 9.35. The van der Waals surface area contributed by atoms with Gasteiger partial charge in [0.2, 0.25) is 0 Å². The van der Waals surface area contributed by atoms with Crippen molar-refractivity contribution in [1.29, 1.82) is 0 Å². The van der Waals surface area contributed by atoms with Gasteiger partial charge in [-0.15, -0.1) is 10.2 Å². The molecule has 0 saturated heterocycles. The van der Waals surface area contributed by atoms with Crippen molar-refractivity contribution in [2.45, 2.75) is 0 Å². The van der Waals surface area contributed by atoms with Crippen molar-refractivity contribution < 1.29 is 4.74 Å². The van der Waals surface area contributed by atoms with Crippen LogP contribution < -0.4 is 4.74 Å². The third-order valence-electron chi connectivity index (χ3n) is 4.84. The molecule has 0 bridgehead atoms. The van der Waals surface area contributed by atoms with Gasteiger partial charge >= 0.3 is 0 Å². The lowest BCUT2D eigenvalue weighted by Gasteiger charge is -2.07. The fourth-order valence-electron chi connectivity index (χ4n) is 3.38. The summed E-state index contributed by atoms with van der Waals surface area (Å²) < 4.78 is 7.34. The summed E-state index contributed by atoms with van der Waals surface area (Å²) >= 11 is 0. The topological polar surface area (TPSA) is 52.3 Å². The Kier molecular flexibility index (Phi) is 4.26. The second-order valence-corrected chi connectivity index (χ2v) is 6.64. The quantitative estimate of drug-likeness (QED) is 0.435. The van der Waals surface area contributed by atoms with Crippen molar-refractivity contribution >= 4 is 28.8 Å². The molecule has 140 valence electrons. The van der Waals surface area contributed by atoms with Crippen LogP contribution in [0.25, 0.3) is 40.2 Å². The van der Waals surface area contributed by atoms with E-state index in [-0.39, 0.29) is 0 Å². The van der Waals surface area contributed by atoms with Crippen LogP contribution in [-0.2, 0) is 0 Å². The van der Waals surface area contributed by atoms with E-state index in [1.807, 2.05) is 78.9 Å². The number of hydrogen-bond acceptors (Lipinski definition) is 4. The van der Waals surface area contributed by atoms with Crippen molar-refractivity contribution in [2.75, 3.05) is 7.11 Å². The normalized spacial score (nSPS) is 11.5. The van der Waals surface area contributed by atoms with Crippen LogP contribution in [0.4, 0.5) is 0 Å². The summed E-state index contributed by atoms with van der Waals surface area (Å²) in [4.78, 5) is 4.82. The van der Waals surface area contributed by atoms with Crippen LogP contribution in [0.1, 0.15) is 11.3 Å². The zero-order chi connectivity index (χ0) is 19.6. The van der Waals surface area contributed by atoms with E-state index < -0.39 is 0 Å². The first-order valence-electron chi connectivity index (χ1n) is 9.35. The number of hydrogen-bond donors (Lipinski definition) is 0. The highest BCUT2D eigenvalue weighted by atomic mass is 16.5. The van der Waals surface area contributed by atoms with Gasteiger partial charge in [-0.3, -0.25) is 4.40 Å². The van der Waals surface area contributed by atoms with Gasteiger partial charge < -0.3 is 4.74 Å². The van der Waals surface area contributed by atoms with Gasteiger partial charge in [0.1, 0.15) is 11.4 Å². The number of benzene rings is 3. The van der Waals surface area contributed by atoms with Crippen LogP contribution in [0.5, 0.6) is 5.75 Å². The predicted molar refractivity (Wildman–Crippen MR) is 116 cm³/mol. The molecule has 0 saturated carbocycles. The molecular formula is C24H18N4O. The zero-order valence-corrected chi connectivity index (χ0v) is 15.9. The molecule has 5 heteroatoms. The van der Waals surface area contributed by atoms with Crippen molar-refractivity contribution in [2.24, 2.45) is 0 Å². The van der Waals surface area contributed by atoms with E-state index in [1.54, 1.807) is 7.11 Å². The molecule has 0 N–H and O–H groups in total. The lowest BCUT2D eigenvalue weighted by Crippen LogP contribution is -1.97. The number of aromatic nitrogens is 4. The van der Waals surface area contributed by atoms with Gasteiger partial charge in [-0.2, -0.15) is 0 Å². The second-order valence-electron chi connectivity index (χ2n) is 6.64. The summed E-state index contributed by atoms with van der Waals surface area (Å²) in [7, 11) is 1.66. The summed E-state index contributed by atoms with van der Waals surface area (Å²) in [5.74, 6) is 1.58. The standard InChI is InChI=1S/C24H18N4O/c1-29-19-14-12-18(13-15-19)23-26-27-24-21(16-11-17-7-3-2-4-8-17)25-20-9-5-6-10-22(20)28(23)24/h2-16H,1H3/b16-11+. The van der Waals surface area contributed by atoms with Crippen LogP contribution in [0.2, 0.25) is 0 Å². The smallest absolute Gasteiger partial charge is 0.187 e. The van der Waals surface area contributed by atoms with Crippen LogP contribution in [-0.4, -0.2) is 26.7 Å². The van der Waals surface area contributed by atoms with Crippen molar-refractivity contribution in [3.05, 3.63) is 90.1 Å². The molecule has 5 nitrogen and oxygen atoms in total. The second kappa shape index (κ2) is 7.20. The minimum absolute atomic E-state index is 0.724. The van der Waals surface area contributed by atoms with E-state index in [0.29, 0.717) is 0 Å². The van der Waals surface area contributed by atoms with E-state index in [0.717, 1.165) is 45.1 Å². The molecule has 2 aromatic heterocycles. The van der Waals surface area contributed by atoms with E-state index in [9.17, 15) is 0 Å². The number of methoxy groups -OCH3 is 1. The van der Waals surface area contributed by atoms with Crippen molar-refractivity contribution in [3.63, 3.8) is 0 Å². The third kappa shape index (κ3) is 3.12. The molecule has 0 unspecified atom stereocenters. The number of ether oxygens (including phenoxy) is 1. The minimum Gasteiger partial charge on any atom is -0.497 e. The molecule has 0 spiro atoms. The monoisotopic (exact) mass is 378 g/mol. The molecule has 29 heavy (non-hydrogen) atoms.